The van der Waals surface area contributed by atoms with Crippen LogP contribution in [0.25, 0.3) is 11.1 Å². The predicted molar refractivity (Wildman–Crippen MR) is 83.3 cm³/mol. The average molecular weight is 253 g/mol. The maximum atomic E-state index is 3.46. The third-order valence-corrected chi connectivity index (χ3v) is 3.20. The van der Waals surface area contributed by atoms with E-state index in [1.807, 2.05) is 0 Å². The second kappa shape index (κ2) is 6.03. The lowest BCUT2D eigenvalue weighted by Gasteiger charge is -2.10. The van der Waals surface area contributed by atoms with Gasteiger partial charge in [0.05, 0.1) is 0 Å². The van der Waals surface area contributed by atoms with Crippen molar-refractivity contribution in [3.8, 4) is 11.1 Å². The topological polar surface area (TPSA) is 12.0 Å². The number of nitrogens with one attached hydrogen (secondary N) is 1. The molecule has 1 heteroatoms. The van der Waals surface area contributed by atoms with Gasteiger partial charge >= 0.3 is 0 Å². The van der Waals surface area contributed by atoms with E-state index in [1.54, 1.807) is 0 Å². The Morgan fingerprint density at radius 1 is 0.895 bits per heavy atom. The minimum Gasteiger partial charge on any atom is -0.310 e. The van der Waals surface area contributed by atoms with Crippen molar-refractivity contribution in [3.05, 3.63) is 59.2 Å². The standard InChI is InChI=1S/C18H23N/c1-13(2)19-12-16-6-5-7-17(11-16)18-9-14(3)8-15(4)10-18/h5-11,13,19H,12H2,1-4H3. The molecule has 100 valence electrons. The molecule has 2 rings (SSSR count). The normalized spacial score (nSPS) is 11.0. The number of rotatable bonds is 4. The van der Waals surface area contributed by atoms with Gasteiger partial charge in [-0.05, 0) is 36.6 Å². The first-order chi connectivity index (χ1) is 9.04. The summed E-state index contributed by atoms with van der Waals surface area (Å²) >= 11 is 0. The molecule has 2 aromatic rings. The molecule has 2 aromatic carbocycles. The van der Waals surface area contributed by atoms with Crippen molar-refractivity contribution in [1.82, 2.24) is 5.32 Å². The van der Waals surface area contributed by atoms with Crippen molar-refractivity contribution in [3.63, 3.8) is 0 Å². The van der Waals surface area contributed by atoms with E-state index in [-0.39, 0.29) is 0 Å². The first-order valence-corrected chi connectivity index (χ1v) is 6.95. The van der Waals surface area contributed by atoms with Crippen LogP contribution in [0.3, 0.4) is 0 Å². The Balaban J connectivity index is 2.27. The number of benzene rings is 2. The quantitative estimate of drug-likeness (QED) is 0.847. The zero-order chi connectivity index (χ0) is 13.8. The van der Waals surface area contributed by atoms with Crippen LogP contribution in [0.5, 0.6) is 0 Å². The molecule has 1 N–H and O–H groups in total. The number of hydrogen-bond acceptors (Lipinski definition) is 1. The molecule has 0 heterocycles. The van der Waals surface area contributed by atoms with Gasteiger partial charge in [0.25, 0.3) is 0 Å². The lowest BCUT2D eigenvalue weighted by atomic mass is 9.99. The van der Waals surface area contributed by atoms with Gasteiger partial charge in [-0.1, -0.05) is 61.4 Å². The van der Waals surface area contributed by atoms with Crippen molar-refractivity contribution in [1.29, 1.82) is 0 Å². The van der Waals surface area contributed by atoms with Gasteiger partial charge in [0.1, 0.15) is 0 Å². The van der Waals surface area contributed by atoms with E-state index in [1.165, 1.54) is 27.8 Å². The monoisotopic (exact) mass is 253 g/mol. The zero-order valence-electron chi connectivity index (χ0n) is 12.3. The van der Waals surface area contributed by atoms with Crippen LogP contribution in [-0.2, 0) is 6.54 Å². The highest BCUT2D eigenvalue weighted by molar-refractivity contribution is 5.65. The second-order valence-electron chi connectivity index (χ2n) is 5.61. The van der Waals surface area contributed by atoms with Gasteiger partial charge in [-0.3, -0.25) is 0 Å². The van der Waals surface area contributed by atoms with E-state index in [0.29, 0.717) is 6.04 Å². The zero-order valence-corrected chi connectivity index (χ0v) is 12.3. The van der Waals surface area contributed by atoms with Crippen molar-refractivity contribution < 1.29 is 0 Å². The van der Waals surface area contributed by atoms with Gasteiger partial charge in [-0.25, -0.2) is 0 Å². The van der Waals surface area contributed by atoms with Gasteiger partial charge in [0.2, 0.25) is 0 Å². The summed E-state index contributed by atoms with van der Waals surface area (Å²) in [7, 11) is 0. The van der Waals surface area contributed by atoms with Gasteiger partial charge < -0.3 is 5.32 Å². The Kier molecular flexibility index (Phi) is 4.39. The summed E-state index contributed by atoms with van der Waals surface area (Å²) < 4.78 is 0. The van der Waals surface area contributed by atoms with Crippen molar-refractivity contribution in [2.75, 3.05) is 0 Å². The largest absolute Gasteiger partial charge is 0.310 e. The summed E-state index contributed by atoms with van der Waals surface area (Å²) in [4.78, 5) is 0. The van der Waals surface area contributed by atoms with Crippen LogP contribution >= 0.6 is 0 Å². The molecule has 0 aliphatic carbocycles. The van der Waals surface area contributed by atoms with Crippen molar-refractivity contribution in [2.24, 2.45) is 0 Å². The van der Waals surface area contributed by atoms with E-state index in [4.69, 9.17) is 0 Å². The number of hydrogen-bond donors (Lipinski definition) is 1. The molecule has 0 amide bonds. The molecular formula is C18H23N. The van der Waals surface area contributed by atoms with Crippen molar-refractivity contribution in [2.45, 2.75) is 40.3 Å². The molecule has 0 radical (unpaired) electrons. The first-order valence-electron chi connectivity index (χ1n) is 6.95. The molecule has 0 fully saturated rings. The summed E-state index contributed by atoms with van der Waals surface area (Å²) in [5.41, 5.74) is 6.59. The summed E-state index contributed by atoms with van der Waals surface area (Å²) in [5.74, 6) is 0. The van der Waals surface area contributed by atoms with Crippen LogP contribution in [0.15, 0.2) is 42.5 Å². The summed E-state index contributed by atoms with van der Waals surface area (Å²) in [6, 6.07) is 16.0. The molecule has 0 unspecified atom stereocenters. The van der Waals surface area contributed by atoms with E-state index < -0.39 is 0 Å². The van der Waals surface area contributed by atoms with Crippen molar-refractivity contribution >= 4 is 0 Å². The van der Waals surface area contributed by atoms with Gasteiger partial charge in [0, 0.05) is 12.6 Å². The SMILES string of the molecule is Cc1cc(C)cc(-c2cccc(CNC(C)C)c2)c1. The molecule has 0 aromatic heterocycles. The molecule has 0 bridgehead atoms. The fraction of sp³-hybridized carbons (Fsp3) is 0.333. The van der Waals surface area contributed by atoms with E-state index >= 15 is 0 Å². The molecule has 0 atom stereocenters. The Labute approximate surface area is 116 Å². The second-order valence-corrected chi connectivity index (χ2v) is 5.61. The first kappa shape index (κ1) is 13.8. The Morgan fingerprint density at radius 2 is 1.58 bits per heavy atom. The van der Waals surface area contributed by atoms with Gasteiger partial charge in [0.15, 0.2) is 0 Å². The molecule has 1 nitrogen and oxygen atoms in total. The molecule has 0 saturated heterocycles. The van der Waals surface area contributed by atoms with Crippen LogP contribution in [0.4, 0.5) is 0 Å². The summed E-state index contributed by atoms with van der Waals surface area (Å²) in [6.45, 7) is 9.58. The maximum Gasteiger partial charge on any atom is 0.0208 e. The highest BCUT2D eigenvalue weighted by Gasteiger charge is 2.02. The van der Waals surface area contributed by atoms with Crippen LogP contribution in [0.2, 0.25) is 0 Å². The third kappa shape index (κ3) is 3.93. The third-order valence-electron chi connectivity index (χ3n) is 3.20. The van der Waals surface area contributed by atoms with Crippen LogP contribution in [0.1, 0.15) is 30.5 Å². The molecule has 19 heavy (non-hydrogen) atoms. The molecular weight excluding hydrogens is 230 g/mol. The Hall–Kier alpha value is -1.60. The minimum atomic E-state index is 0.518. The molecule has 0 aliphatic rings. The number of aryl methyl sites for hydroxylation is 2. The van der Waals surface area contributed by atoms with E-state index in [2.05, 4.69) is 75.5 Å². The van der Waals surface area contributed by atoms with E-state index in [9.17, 15) is 0 Å². The summed E-state index contributed by atoms with van der Waals surface area (Å²) in [6.07, 6.45) is 0. The molecule has 0 spiro atoms. The lowest BCUT2D eigenvalue weighted by Crippen LogP contribution is -2.21. The average Bonchev–Trinajstić information content (AvgIpc) is 2.35. The Morgan fingerprint density at radius 3 is 2.21 bits per heavy atom. The van der Waals surface area contributed by atoms with Gasteiger partial charge in [-0.2, -0.15) is 0 Å². The highest BCUT2D eigenvalue weighted by atomic mass is 14.9. The predicted octanol–water partition coefficient (Wildman–Crippen LogP) is 4.47. The van der Waals surface area contributed by atoms with Crippen LogP contribution in [0, 0.1) is 13.8 Å². The maximum absolute atomic E-state index is 3.46. The Bertz CT molecular complexity index is 535. The van der Waals surface area contributed by atoms with Crippen LogP contribution in [-0.4, -0.2) is 6.04 Å². The highest BCUT2D eigenvalue weighted by Crippen LogP contribution is 2.23. The minimum absolute atomic E-state index is 0.518. The summed E-state index contributed by atoms with van der Waals surface area (Å²) in [5, 5.41) is 3.46. The van der Waals surface area contributed by atoms with Crippen LogP contribution < -0.4 is 5.32 Å². The fourth-order valence-electron chi connectivity index (χ4n) is 2.32. The molecule has 0 aliphatic heterocycles. The van der Waals surface area contributed by atoms with Gasteiger partial charge in [-0.15, -0.1) is 0 Å². The lowest BCUT2D eigenvalue weighted by molar-refractivity contribution is 0.589. The van der Waals surface area contributed by atoms with E-state index in [0.717, 1.165) is 6.54 Å². The molecule has 0 saturated carbocycles. The fourth-order valence-corrected chi connectivity index (χ4v) is 2.32. The smallest absolute Gasteiger partial charge is 0.0208 e.